The smallest absolute Gasteiger partial charge is 0.160 e. The molecular weight excluding hydrogens is 727 g/mol. The second kappa shape index (κ2) is 14.3. The van der Waals surface area contributed by atoms with Crippen molar-refractivity contribution in [3.05, 3.63) is 224 Å². The van der Waals surface area contributed by atoms with Gasteiger partial charge in [0.1, 0.15) is 0 Å². The summed E-state index contributed by atoms with van der Waals surface area (Å²) in [6.07, 6.45) is 0. The van der Waals surface area contributed by atoms with Gasteiger partial charge in [-0.05, 0) is 80.9 Å². The largest absolute Gasteiger partial charge is 0.312 e. The number of fused-ring (bicyclic) bond motifs is 5. The Morgan fingerprint density at radius 3 is 1.42 bits per heavy atom. The lowest BCUT2D eigenvalue weighted by Gasteiger charge is -2.21. The van der Waals surface area contributed by atoms with Crippen LogP contribution in [0.4, 0.5) is 0 Å². The number of nitrogens with zero attached hydrogens (tertiary/aromatic N) is 3. The van der Waals surface area contributed by atoms with Crippen LogP contribution < -0.4 is 0 Å². The van der Waals surface area contributed by atoms with Crippen molar-refractivity contribution in [1.29, 1.82) is 0 Å². The Morgan fingerprint density at radius 1 is 0.367 bits per heavy atom. The summed E-state index contributed by atoms with van der Waals surface area (Å²) in [7, 11) is 0. The predicted molar refractivity (Wildman–Crippen MR) is 249 cm³/mol. The maximum atomic E-state index is 5.25. The molecule has 0 amide bonds. The highest BCUT2D eigenvalue weighted by Gasteiger charge is 2.40. The molecule has 284 valence electrons. The first-order valence-corrected chi connectivity index (χ1v) is 20.7. The molecule has 11 rings (SSSR count). The Kier molecular flexibility index (Phi) is 8.49. The van der Waals surface area contributed by atoms with Crippen LogP contribution in [-0.4, -0.2) is 14.5 Å². The number of para-hydroxylation sites is 1. The normalized spacial score (nSPS) is 12.6. The van der Waals surface area contributed by atoms with E-state index in [0.717, 1.165) is 44.8 Å². The Labute approximate surface area is 351 Å². The van der Waals surface area contributed by atoms with Crippen molar-refractivity contribution in [3.8, 4) is 84.1 Å². The molecule has 0 bridgehead atoms. The SMILES string of the molecule is CC1(C)c2ccccc2-n2c1c(-c1ccccc1)c1cc(-c3ccc(-c4nc(-c5cccc(-c6ccccc6)c5)cc(-c5cccc(-c6ccccc6)c5)n4)cc3)ccc12. The van der Waals surface area contributed by atoms with Gasteiger partial charge in [-0.1, -0.05) is 190 Å². The molecule has 0 fully saturated rings. The highest BCUT2D eigenvalue weighted by Crippen LogP contribution is 2.52. The first-order valence-electron chi connectivity index (χ1n) is 20.7. The average Bonchev–Trinajstić information content (AvgIpc) is 3.79. The summed E-state index contributed by atoms with van der Waals surface area (Å²) in [5.74, 6) is 0.691. The summed E-state index contributed by atoms with van der Waals surface area (Å²) < 4.78 is 2.49. The van der Waals surface area contributed by atoms with E-state index in [-0.39, 0.29) is 5.41 Å². The van der Waals surface area contributed by atoms with E-state index < -0.39 is 0 Å². The van der Waals surface area contributed by atoms with Gasteiger partial charge in [0.05, 0.1) is 22.6 Å². The molecule has 0 N–H and O–H groups in total. The van der Waals surface area contributed by atoms with Crippen LogP contribution in [0.3, 0.4) is 0 Å². The third-order valence-corrected chi connectivity index (χ3v) is 12.2. The zero-order chi connectivity index (χ0) is 40.2. The van der Waals surface area contributed by atoms with Crippen molar-refractivity contribution in [2.45, 2.75) is 19.3 Å². The molecule has 10 aromatic rings. The molecule has 0 spiro atoms. The average molecular weight is 768 g/mol. The summed E-state index contributed by atoms with van der Waals surface area (Å²) in [5, 5.41) is 1.26. The first-order chi connectivity index (χ1) is 29.5. The van der Waals surface area contributed by atoms with Gasteiger partial charge in [-0.3, -0.25) is 0 Å². The zero-order valence-electron chi connectivity index (χ0n) is 33.5. The molecule has 8 aromatic carbocycles. The third kappa shape index (κ3) is 6.06. The fourth-order valence-corrected chi connectivity index (χ4v) is 9.20. The summed E-state index contributed by atoms with van der Waals surface area (Å²) in [5.41, 5.74) is 19.4. The standard InChI is InChI=1S/C57H41N3/c1-57(2)49-26-12-13-27-53(49)60-52-33-32-45(36-48(52)54(55(57)60)41-20-10-5-11-21-41)40-28-30-42(31-29-40)56-58-50(46-24-14-22-43(34-46)38-16-6-3-7-17-38)37-51(59-56)47-25-15-23-44(35-47)39-18-8-4-9-19-39/h3-37H,1-2H3. The van der Waals surface area contributed by atoms with Crippen molar-refractivity contribution in [1.82, 2.24) is 14.5 Å². The highest BCUT2D eigenvalue weighted by molar-refractivity contribution is 6.03. The van der Waals surface area contributed by atoms with Gasteiger partial charge >= 0.3 is 0 Å². The Balaban J connectivity index is 1.02. The van der Waals surface area contributed by atoms with Crippen LogP contribution in [0.5, 0.6) is 0 Å². The van der Waals surface area contributed by atoms with Gasteiger partial charge in [-0.2, -0.15) is 0 Å². The summed E-state index contributed by atoms with van der Waals surface area (Å²) in [6.45, 7) is 4.72. The molecule has 3 nitrogen and oxygen atoms in total. The highest BCUT2D eigenvalue weighted by atomic mass is 15.0. The molecule has 3 heterocycles. The molecule has 0 aliphatic carbocycles. The van der Waals surface area contributed by atoms with Crippen LogP contribution in [-0.2, 0) is 5.41 Å². The molecular formula is C57H41N3. The van der Waals surface area contributed by atoms with Crippen LogP contribution >= 0.6 is 0 Å². The number of aromatic nitrogens is 3. The molecule has 0 unspecified atom stereocenters. The fourth-order valence-electron chi connectivity index (χ4n) is 9.20. The maximum Gasteiger partial charge on any atom is 0.160 e. The van der Waals surface area contributed by atoms with Gasteiger partial charge in [0.15, 0.2) is 5.82 Å². The lowest BCUT2D eigenvalue weighted by Crippen LogP contribution is -2.16. The number of hydrogen-bond acceptors (Lipinski definition) is 2. The fraction of sp³-hybridized carbons (Fsp3) is 0.0526. The van der Waals surface area contributed by atoms with Crippen LogP contribution in [0.2, 0.25) is 0 Å². The Hall–Kier alpha value is -7.62. The molecule has 1 aliphatic heterocycles. The number of benzene rings is 8. The van der Waals surface area contributed by atoms with Gasteiger partial charge in [-0.15, -0.1) is 0 Å². The van der Waals surface area contributed by atoms with E-state index >= 15 is 0 Å². The minimum Gasteiger partial charge on any atom is -0.312 e. The second-order valence-corrected chi connectivity index (χ2v) is 16.2. The van der Waals surface area contributed by atoms with Crippen molar-refractivity contribution < 1.29 is 0 Å². The summed E-state index contributed by atoms with van der Waals surface area (Å²) in [4.78, 5) is 10.5. The summed E-state index contributed by atoms with van der Waals surface area (Å²) in [6, 6.07) is 75.9. The molecule has 0 radical (unpaired) electrons. The van der Waals surface area contributed by atoms with E-state index in [4.69, 9.17) is 9.97 Å². The Bertz CT molecular complexity index is 3100. The van der Waals surface area contributed by atoms with Crippen molar-refractivity contribution >= 4 is 10.9 Å². The lowest BCUT2D eigenvalue weighted by atomic mass is 9.80. The van der Waals surface area contributed by atoms with Gasteiger partial charge in [-0.25, -0.2) is 9.97 Å². The quantitative estimate of drug-likeness (QED) is 0.162. The second-order valence-electron chi connectivity index (χ2n) is 16.2. The first kappa shape index (κ1) is 35.5. The topological polar surface area (TPSA) is 30.7 Å². The van der Waals surface area contributed by atoms with Gasteiger partial charge in [0.2, 0.25) is 0 Å². The van der Waals surface area contributed by atoms with Crippen LogP contribution in [0.15, 0.2) is 212 Å². The number of hydrogen-bond donors (Lipinski definition) is 0. The van der Waals surface area contributed by atoms with Crippen LogP contribution in [0.1, 0.15) is 25.1 Å². The van der Waals surface area contributed by atoms with Crippen molar-refractivity contribution in [2.75, 3.05) is 0 Å². The molecule has 2 aromatic heterocycles. The number of rotatable bonds is 7. The molecule has 1 aliphatic rings. The van der Waals surface area contributed by atoms with E-state index in [1.165, 1.54) is 55.7 Å². The van der Waals surface area contributed by atoms with E-state index in [1.807, 2.05) is 0 Å². The van der Waals surface area contributed by atoms with Gasteiger partial charge in [0.25, 0.3) is 0 Å². The van der Waals surface area contributed by atoms with Gasteiger partial charge < -0.3 is 4.57 Å². The zero-order valence-corrected chi connectivity index (χ0v) is 33.5. The van der Waals surface area contributed by atoms with Crippen LogP contribution in [0, 0.1) is 0 Å². The molecule has 0 saturated heterocycles. The van der Waals surface area contributed by atoms with Crippen molar-refractivity contribution in [2.24, 2.45) is 0 Å². The van der Waals surface area contributed by atoms with E-state index in [1.54, 1.807) is 0 Å². The lowest BCUT2D eigenvalue weighted by molar-refractivity contribution is 0.646. The molecule has 0 saturated carbocycles. The minimum absolute atomic E-state index is 0.151. The predicted octanol–water partition coefficient (Wildman–Crippen LogP) is 14.7. The Morgan fingerprint density at radius 2 is 0.817 bits per heavy atom. The van der Waals surface area contributed by atoms with E-state index in [9.17, 15) is 0 Å². The van der Waals surface area contributed by atoms with Gasteiger partial charge in [0, 0.05) is 38.7 Å². The maximum absolute atomic E-state index is 5.25. The molecule has 60 heavy (non-hydrogen) atoms. The summed E-state index contributed by atoms with van der Waals surface area (Å²) >= 11 is 0. The van der Waals surface area contributed by atoms with Crippen molar-refractivity contribution in [3.63, 3.8) is 0 Å². The monoisotopic (exact) mass is 767 g/mol. The van der Waals surface area contributed by atoms with E-state index in [0.29, 0.717) is 5.82 Å². The van der Waals surface area contributed by atoms with E-state index in [2.05, 4.69) is 231 Å². The third-order valence-electron chi connectivity index (χ3n) is 12.2. The molecule has 3 heteroatoms. The minimum atomic E-state index is -0.151. The van der Waals surface area contributed by atoms with Crippen LogP contribution in [0.25, 0.3) is 95.0 Å². The molecule has 0 atom stereocenters.